The summed E-state index contributed by atoms with van der Waals surface area (Å²) in [5.74, 6) is 0.180. The zero-order chi connectivity index (χ0) is 13.0. The van der Waals surface area contributed by atoms with E-state index in [9.17, 15) is 4.79 Å². The Morgan fingerprint density at radius 2 is 1.84 bits per heavy atom. The Bertz CT molecular complexity index is 410. The van der Waals surface area contributed by atoms with Crippen LogP contribution in [0.1, 0.15) is 11.1 Å². The first-order valence-electron chi connectivity index (χ1n) is 6.47. The predicted octanol–water partition coefficient (Wildman–Crippen LogP) is 1.57. The molecule has 0 bridgehead atoms. The van der Waals surface area contributed by atoms with Crippen molar-refractivity contribution in [3.8, 4) is 0 Å². The van der Waals surface area contributed by atoms with Crippen LogP contribution in [-0.4, -0.2) is 43.5 Å². The van der Waals surface area contributed by atoms with Crippen molar-refractivity contribution in [2.45, 2.75) is 13.8 Å². The summed E-state index contributed by atoms with van der Waals surface area (Å²) >= 11 is 0. The smallest absolute Gasteiger partial charge is 0.241 e. The van der Waals surface area contributed by atoms with Crippen LogP contribution in [0, 0.1) is 13.8 Å². The molecule has 0 saturated carbocycles. The van der Waals surface area contributed by atoms with Gasteiger partial charge in [0.2, 0.25) is 5.91 Å². The van der Waals surface area contributed by atoms with Gasteiger partial charge in [-0.05, 0) is 25.0 Å². The van der Waals surface area contributed by atoms with E-state index in [0.717, 1.165) is 31.9 Å². The molecule has 0 atom stereocenters. The minimum atomic E-state index is 0. The average Bonchev–Trinajstić information content (AvgIpc) is 2.39. The number of carbonyl (C=O) groups is 1. The summed E-state index contributed by atoms with van der Waals surface area (Å²) < 4.78 is 0. The highest BCUT2D eigenvalue weighted by atomic mass is 35.5. The Labute approximate surface area is 121 Å². The van der Waals surface area contributed by atoms with E-state index in [0.29, 0.717) is 6.54 Å². The highest BCUT2D eigenvalue weighted by Gasteiger charge is 2.15. The van der Waals surface area contributed by atoms with Crippen LogP contribution in [0.4, 0.5) is 5.69 Å². The lowest BCUT2D eigenvalue weighted by atomic mass is 10.1. The average molecular weight is 284 g/mol. The number of aryl methyl sites for hydroxylation is 2. The maximum atomic E-state index is 12.0. The molecular weight excluding hydrogens is 262 g/mol. The van der Waals surface area contributed by atoms with Crippen LogP contribution in [0.2, 0.25) is 0 Å². The molecule has 106 valence electrons. The molecule has 1 aliphatic rings. The Morgan fingerprint density at radius 3 is 2.42 bits per heavy atom. The Morgan fingerprint density at radius 1 is 1.26 bits per heavy atom. The van der Waals surface area contributed by atoms with Crippen LogP contribution in [0.15, 0.2) is 18.2 Å². The van der Waals surface area contributed by atoms with E-state index in [1.807, 2.05) is 11.0 Å². The Kier molecular flexibility index (Phi) is 6.12. The second-order valence-corrected chi connectivity index (χ2v) is 4.75. The largest absolute Gasteiger partial charge is 0.376 e. The van der Waals surface area contributed by atoms with E-state index >= 15 is 0 Å². The van der Waals surface area contributed by atoms with Gasteiger partial charge in [-0.2, -0.15) is 0 Å². The molecule has 0 aromatic heterocycles. The van der Waals surface area contributed by atoms with Crippen molar-refractivity contribution in [2.75, 3.05) is 38.0 Å². The molecule has 0 aliphatic carbocycles. The summed E-state index contributed by atoms with van der Waals surface area (Å²) in [5, 5.41) is 6.51. The number of hydrogen-bond donors (Lipinski definition) is 2. The van der Waals surface area contributed by atoms with Crippen molar-refractivity contribution in [3.05, 3.63) is 29.3 Å². The molecule has 0 radical (unpaired) electrons. The molecule has 0 spiro atoms. The predicted molar refractivity (Wildman–Crippen MR) is 81.1 cm³/mol. The highest BCUT2D eigenvalue weighted by Crippen LogP contribution is 2.18. The lowest BCUT2D eigenvalue weighted by Gasteiger charge is -2.27. The van der Waals surface area contributed by atoms with Crippen molar-refractivity contribution >= 4 is 24.0 Å². The normalized spacial score (nSPS) is 14.7. The molecule has 4 nitrogen and oxygen atoms in total. The number of carbonyl (C=O) groups excluding carboxylic acids is 1. The number of halogens is 1. The minimum absolute atomic E-state index is 0. The lowest BCUT2D eigenvalue weighted by molar-refractivity contribution is -0.129. The molecule has 1 heterocycles. The highest BCUT2D eigenvalue weighted by molar-refractivity contribution is 5.85. The molecule has 1 amide bonds. The summed E-state index contributed by atoms with van der Waals surface area (Å²) in [6.45, 7) is 7.92. The summed E-state index contributed by atoms with van der Waals surface area (Å²) in [6, 6.07) is 6.16. The van der Waals surface area contributed by atoms with Crippen LogP contribution in [-0.2, 0) is 4.79 Å². The third kappa shape index (κ3) is 4.11. The number of anilines is 1. The number of para-hydroxylation sites is 1. The fourth-order valence-corrected chi connectivity index (χ4v) is 2.28. The second kappa shape index (κ2) is 7.36. The monoisotopic (exact) mass is 283 g/mol. The quantitative estimate of drug-likeness (QED) is 0.885. The summed E-state index contributed by atoms with van der Waals surface area (Å²) in [4.78, 5) is 13.9. The van der Waals surface area contributed by atoms with E-state index < -0.39 is 0 Å². The van der Waals surface area contributed by atoms with Crippen molar-refractivity contribution in [2.24, 2.45) is 0 Å². The summed E-state index contributed by atoms with van der Waals surface area (Å²) in [6.07, 6.45) is 0. The molecule has 1 aromatic rings. The van der Waals surface area contributed by atoms with Gasteiger partial charge in [0.1, 0.15) is 0 Å². The standard InChI is InChI=1S/C14H21N3O.ClH/c1-11-4-3-5-12(2)14(11)16-10-13(18)17-8-6-15-7-9-17;/h3-5,15-16H,6-10H2,1-2H3;1H. The molecular formula is C14H22ClN3O. The maximum absolute atomic E-state index is 12.0. The molecule has 19 heavy (non-hydrogen) atoms. The SMILES string of the molecule is Cc1cccc(C)c1NCC(=O)N1CCNCC1.Cl. The first kappa shape index (κ1) is 15.8. The number of nitrogens with zero attached hydrogens (tertiary/aromatic N) is 1. The number of benzene rings is 1. The first-order valence-corrected chi connectivity index (χ1v) is 6.47. The van der Waals surface area contributed by atoms with E-state index in [-0.39, 0.29) is 18.3 Å². The van der Waals surface area contributed by atoms with Gasteiger partial charge in [-0.3, -0.25) is 4.79 Å². The van der Waals surface area contributed by atoms with Crippen molar-refractivity contribution in [1.29, 1.82) is 0 Å². The maximum Gasteiger partial charge on any atom is 0.241 e. The van der Waals surface area contributed by atoms with Crippen LogP contribution in [0.3, 0.4) is 0 Å². The summed E-state index contributed by atoms with van der Waals surface area (Å²) in [5.41, 5.74) is 3.45. The first-order chi connectivity index (χ1) is 8.68. The van der Waals surface area contributed by atoms with Crippen LogP contribution < -0.4 is 10.6 Å². The number of rotatable bonds is 3. The van der Waals surface area contributed by atoms with Crippen molar-refractivity contribution < 1.29 is 4.79 Å². The molecule has 2 N–H and O–H groups in total. The third-order valence-corrected chi connectivity index (χ3v) is 3.37. The lowest BCUT2D eigenvalue weighted by Crippen LogP contribution is -2.48. The topological polar surface area (TPSA) is 44.4 Å². The van der Waals surface area contributed by atoms with Gasteiger partial charge >= 0.3 is 0 Å². The molecule has 1 aliphatic heterocycles. The fraction of sp³-hybridized carbons (Fsp3) is 0.500. The van der Waals surface area contributed by atoms with E-state index in [2.05, 4.69) is 36.6 Å². The molecule has 0 unspecified atom stereocenters. The van der Waals surface area contributed by atoms with Gasteiger partial charge in [-0.15, -0.1) is 12.4 Å². The minimum Gasteiger partial charge on any atom is -0.376 e. The van der Waals surface area contributed by atoms with Crippen molar-refractivity contribution in [1.82, 2.24) is 10.2 Å². The number of piperazine rings is 1. The van der Waals surface area contributed by atoms with Gasteiger partial charge in [-0.25, -0.2) is 0 Å². The molecule has 1 aromatic carbocycles. The summed E-state index contributed by atoms with van der Waals surface area (Å²) in [7, 11) is 0. The Balaban J connectivity index is 0.00000180. The van der Waals surface area contributed by atoms with Gasteiger partial charge in [-0.1, -0.05) is 18.2 Å². The zero-order valence-electron chi connectivity index (χ0n) is 11.5. The molecule has 2 rings (SSSR count). The van der Waals surface area contributed by atoms with Gasteiger partial charge in [0.05, 0.1) is 6.54 Å². The number of amides is 1. The third-order valence-electron chi connectivity index (χ3n) is 3.37. The van der Waals surface area contributed by atoms with Crippen LogP contribution in [0.5, 0.6) is 0 Å². The van der Waals surface area contributed by atoms with Crippen LogP contribution in [0.25, 0.3) is 0 Å². The van der Waals surface area contributed by atoms with Gasteiger partial charge in [0.15, 0.2) is 0 Å². The molecule has 1 saturated heterocycles. The Hall–Kier alpha value is -1.26. The zero-order valence-corrected chi connectivity index (χ0v) is 12.3. The number of hydrogen-bond acceptors (Lipinski definition) is 3. The molecule has 5 heteroatoms. The van der Waals surface area contributed by atoms with E-state index in [4.69, 9.17) is 0 Å². The van der Waals surface area contributed by atoms with Crippen molar-refractivity contribution in [3.63, 3.8) is 0 Å². The van der Waals surface area contributed by atoms with E-state index in [1.54, 1.807) is 0 Å². The number of nitrogens with one attached hydrogen (secondary N) is 2. The molecule has 1 fully saturated rings. The fourth-order valence-electron chi connectivity index (χ4n) is 2.28. The van der Waals surface area contributed by atoms with Gasteiger partial charge < -0.3 is 15.5 Å². The van der Waals surface area contributed by atoms with Gasteiger partial charge in [0, 0.05) is 31.9 Å². The van der Waals surface area contributed by atoms with E-state index in [1.165, 1.54) is 11.1 Å². The van der Waals surface area contributed by atoms with Gasteiger partial charge in [0.25, 0.3) is 0 Å². The van der Waals surface area contributed by atoms with Crippen LogP contribution >= 0.6 is 12.4 Å². The second-order valence-electron chi connectivity index (χ2n) is 4.75.